The molecule has 0 spiro atoms. The summed E-state index contributed by atoms with van der Waals surface area (Å²) in [7, 11) is 1.65. The number of pyridine rings is 1. The maximum atomic E-state index is 13.0. The Hall–Kier alpha value is -2.40. The van der Waals surface area contributed by atoms with Crippen molar-refractivity contribution in [2.45, 2.75) is 25.9 Å². The average molecular weight is 351 g/mol. The van der Waals surface area contributed by atoms with Gasteiger partial charge in [-0.05, 0) is 60.7 Å². The first-order chi connectivity index (χ1) is 12.7. The second-order valence-electron chi connectivity index (χ2n) is 7.33. The van der Waals surface area contributed by atoms with Crippen LogP contribution >= 0.6 is 0 Å². The fourth-order valence-corrected chi connectivity index (χ4v) is 4.17. The topological polar surface area (TPSA) is 45.7 Å². The Balaban J connectivity index is 1.43. The Morgan fingerprint density at radius 1 is 1.23 bits per heavy atom. The Morgan fingerprint density at radius 3 is 2.77 bits per heavy atom. The molecule has 2 atom stereocenters. The van der Waals surface area contributed by atoms with Crippen molar-refractivity contribution in [1.82, 2.24) is 14.8 Å². The molecule has 0 bridgehead atoms. The summed E-state index contributed by atoms with van der Waals surface area (Å²) in [5, 5.41) is 0. The van der Waals surface area contributed by atoms with Crippen LogP contribution in [0, 0.1) is 12.8 Å². The molecule has 5 heteroatoms. The first-order valence-electron chi connectivity index (χ1n) is 9.22. The third kappa shape index (κ3) is 3.19. The van der Waals surface area contributed by atoms with E-state index in [1.54, 1.807) is 7.11 Å². The number of rotatable bonds is 4. The SMILES string of the molecule is COc1ccc(C(=O)N2CC[C@@H]3CN(Cc4ccncc4)[C@@H]3C2)c(C)c1. The van der Waals surface area contributed by atoms with Crippen molar-refractivity contribution in [1.29, 1.82) is 0 Å². The van der Waals surface area contributed by atoms with Crippen LogP contribution in [0.3, 0.4) is 0 Å². The highest BCUT2D eigenvalue weighted by atomic mass is 16.5. The average Bonchev–Trinajstić information content (AvgIpc) is 2.66. The molecule has 5 nitrogen and oxygen atoms in total. The predicted molar refractivity (Wildman–Crippen MR) is 100 cm³/mol. The summed E-state index contributed by atoms with van der Waals surface area (Å²) in [6.45, 7) is 5.72. The summed E-state index contributed by atoms with van der Waals surface area (Å²) < 4.78 is 5.25. The molecule has 1 aromatic heterocycles. The zero-order chi connectivity index (χ0) is 18.1. The van der Waals surface area contributed by atoms with Gasteiger partial charge >= 0.3 is 0 Å². The van der Waals surface area contributed by atoms with Gasteiger partial charge in [0.15, 0.2) is 0 Å². The fraction of sp³-hybridized carbons (Fsp3) is 0.429. The summed E-state index contributed by atoms with van der Waals surface area (Å²) >= 11 is 0. The Kier molecular flexibility index (Phi) is 4.64. The van der Waals surface area contributed by atoms with E-state index >= 15 is 0 Å². The molecule has 3 heterocycles. The molecule has 2 aliphatic rings. The molecule has 0 saturated carbocycles. The second-order valence-corrected chi connectivity index (χ2v) is 7.33. The van der Waals surface area contributed by atoms with E-state index in [1.807, 2.05) is 42.4 Å². The van der Waals surface area contributed by atoms with Crippen LogP contribution in [0.25, 0.3) is 0 Å². The van der Waals surface area contributed by atoms with E-state index < -0.39 is 0 Å². The summed E-state index contributed by atoms with van der Waals surface area (Å²) in [5.41, 5.74) is 3.04. The number of nitrogens with zero attached hydrogens (tertiary/aromatic N) is 3. The Morgan fingerprint density at radius 2 is 2.04 bits per heavy atom. The summed E-state index contributed by atoms with van der Waals surface area (Å²) in [6.07, 6.45) is 4.78. The van der Waals surface area contributed by atoms with Crippen molar-refractivity contribution in [2.75, 3.05) is 26.7 Å². The lowest BCUT2D eigenvalue weighted by Crippen LogP contribution is -2.64. The molecule has 4 rings (SSSR count). The lowest BCUT2D eigenvalue weighted by molar-refractivity contribution is -0.0427. The van der Waals surface area contributed by atoms with Gasteiger partial charge in [0.25, 0.3) is 5.91 Å². The molecule has 2 aromatic rings. The highest BCUT2D eigenvalue weighted by molar-refractivity contribution is 5.96. The number of likely N-dealkylation sites (tertiary alicyclic amines) is 2. The first kappa shape index (κ1) is 17.0. The molecule has 2 aliphatic heterocycles. The lowest BCUT2D eigenvalue weighted by Gasteiger charge is -2.53. The van der Waals surface area contributed by atoms with Crippen molar-refractivity contribution in [3.05, 3.63) is 59.4 Å². The number of hydrogen-bond acceptors (Lipinski definition) is 4. The molecule has 136 valence electrons. The molecule has 0 aliphatic carbocycles. The molecular weight excluding hydrogens is 326 g/mol. The van der Waals surface area contributed by atoms with Crippen LogP contribution in [-0.2, 0) is 6.54 Å². The van der Waals surface area contributed by atoms with Gasteiger partial charge < -0.3 is 9.64 Å². The van der Waals surface area contributed by atoms with Gasteiger partial charge in [-0.25, -0.2) is 0 Å². The van der Waals surface area contributed by atoms with Crippen molar-refractivity contribution >= 4 is 5.91 Å². The fourth-order valence-electron chi connectivity index (χ4n) is 4.17. The van der Waals surface area contributed by atoms with Gasteiger partial charge in [-0.15, -0.1) is 0 Å². The van der Waals surface area contributed by atoms with Crippen molar-refractivity contribution in [3.63, 3.8) is 0 Å². The molecule has 2 fully saturated rings. The number of carbonyl (C=O) groups is 1. The molecule has 2 saturated heterocycles. The second kappa shape index (κ2) is 7.08. The largest absolute Gasteiger partial charge is 0.497 e. The minimum Gasteiger partial charge on any atom is -0.497 e. The number of amides is 1. The van der Waals surface area contributed by atoms with E-state index in [4.69, 9.17) is 4.74 Å². The quantitative estimate of drug-likeness (QED) is 0.850. The van der Waals surface area contributed by atoms with Crippen molar-refractivity contribution in [3.8, 4) is 5.75 Å². The Bertz CT molecular complexity index is 793. The van der Waals surface area contributed by atoms with E-state index in [2.05, 4.69) is 22.0 Å². The van der Waals surface area contributed by atoms with E-state index in [-0.39, 0.29) is 5.91 Å². The first-order valence-corrected chi connectivity index (χ1v) is 9.22. The number of ether oxygens (including phenoxy) is 1. The van der Waals surface area contributed by atoms with Crippen LogP contribution in [0.2, 0.25) is 0 Å². The van der Waals surface area contributed by atoms with Gasteiger partial charge in [-0.3, -0.25) is 14.7 Å². The zero-order valence-corrected chi connectivity index (χ0v) is 15.4. The maximum absolute atomic E-state index is 13.0. The molecule has 0 unspecified atom stereocenters. The predicted octanol–water partition coefficient (Wildman–Crippen LogP) is 2.75. The van der Waals surface area contributed by atoms with Gasteiger partial charge in [0.05, 0.1) is 7.11 Å². The summed E-state index contributed by atoms with van der Waals surface area (Å²) in [5.74, 6) is 1.65. The summed E-state index contributed by atoms with van der Waals surface area (Å²) in [6, 6.07) is 10.3. The standard InChI is InChI=1S/C21H25N3O2/c1-15-11-18(26-2)3-4-19(15)21(25)23-10-7-17-13-24(20(17)14-23)12-16-5-8-22-9-6-16/h3-6,8-9,11,17,20H,7,10,12-14H2,1-2H3/t17-,20-/m1/s1. The monoisotopic (exact) mass is 351 g/mol. The number of hydrogen-bond donors (Lipinski definition) is 0. The minimum atomic E-state index is 0.138. The number of benzene rings is 1. The molecule has 26 heavy (non-hydrogen) atoms. The van der Waals surface area contributed by atoms with Crippen LogP contribution < -0.4 is 4.74 Å². The van der Waals surface area contributed by atoms with Crippen LogP contribution in [0.4, 0.5) is 0 Å². The molecule has 0 radical (unpaired) electrons. The van der Waals surface area contributed by atoms with Gasteiger partial charge in [-0.2, -0.15) is 0 Å². The summed E-state index contributed by atoms with van der Waals surface area (Å²) in [4.78, 5) is 21.6. The number of aromatic nitrogens is 1. The third-order valence-corrected chi connectivity index (χ3v) is 5.75. The maximum Gasteiger partial charge on any atom is 0.254 e. The zero-order valence-electron chi connectivity index (χ0n) is 15.4. The van der Waals surface area contributed by atoms with Crippen LogP contribution in [0.5, 0.6) is 5.75 Å². The van der Waals surface area contributed by atoms with E-state index in [9.17, 15) is 4.79 Å². The van der Waals surface area contributed by atoms with Gasteiger partial charge in [0.2, 0.25) is 0 Å². The number of fused-ring (bicyclic) bond motifs is 1. The highest BCUT2D eigenvalue weighted by Crippen LogP contribution is 2.34. The van der Waals surface area contributed by atoms with E-state index in [0.29, 0.717) is 6.04 Å². The van der Waals surface area contributed by atoms with E-state index in [1.165, 1.54) is 5.56 Å². The Labute approximate surface area is 154 Å². The smallest absolute Gasteiger partial charge is 0.254 e. The van der Waals surface area contributed by atoms with Crippen LogP contribution in [0.15, 0.2) is 42.7 Å². The highest BCUT2D eigenvalue weighted by Gasteiger charge is 2.43. The molecular formula is C21H25N3O2. The number of aryl methyl sites for hydroxylation is 1. The normalized spacial score (nSPS) is 22.5. The number of methoxy groups -OCH3 is 1. The minimum absolute atomic E-state index is 0.138. The van der Waals surface area contributed by atoms with Crippen molar-refractivity contribution in [2.24, 2.45) is 5.92 Å². The molecule has 1 aromatic carbocycles. The molecule has 0 N–H and O–H groups in total. The lowest BCUT2D eigenvalue weighted by atomic mass is 9.81. The molecule has 1 amide bonds. The third-order valence-electron chi connectivity index (χ3n) is 5.75. The van der Waals surface area contributed by atoms with Crippen LogP contribution in [0.1, 0.15) is 27.9 Å². The van der Waals surface area contributed by atoms with Gasteiger partial charge in [-0.1, -0.05) is 0 Å². The van der Waals surface area contributed by atoms with Crippen molar-refractivity contribution < 1.29 is 9.53 Å². The van der Waals surface area contributed by atoms with Gasteiger partial charge in [0, 0.05) is 50.2 Å². The van der Waals surface area contributed by atoms with Gasteiger partial charge in [0.1, 0.15) is 5.75 Å². The number of piperidine rings is 1. The van der Waals surface area contributed by atoms with Crippen LogP contribution in [-0.4, -0.2) is 53.5 Å². The van der Waals surface area contributed by atoms with E-state index in [0.717, 1.165) is 55.4 Å². The number of carbonyl (C=O) groups excluding carboxylic acids is 1.